The summed E-state index contributed by atoms with van der Waals surface area (Å²) >= 11 is 0. The number of nitrogens with zero attached hydrogens (tertiary/aromatic N) is 5. The Morgan fingerprint density at radius 3 is 2.88 bits per heavy atom. The highest BCUT2D eigenvalue weighted by Gasteiger charge is 2.07. The Hall–Kier alpha value is -2.50. The minimum atomic E-state index is 0.482. The van der Waals surface area contributed by atoms with Crippen molar-refractivity contribution in [3.63, 3.8) is 0 Å². The van der Waals surface area contributed by atoms with Crippen molar-refractivity contribution in [3.8, 4) is 11.3 Å². The van der Waals surface area contributed by atoms with Crippen LogP contribution < -0.4 is 0 Å². The Bertz CT molecular complexity index is 697. The van der Waals surface area contributed by atoms with Crippen molar-refractivity contribution in [1.29, 1.82) is 0 Å². The minimum Gasteiger partial charge on any atom is -0.298 e. The Labute approximate surface area is 96.5 Å². The van der Waals surface area contributed by atoms with Crippen LogP contribution in [0.3, 0.4) is 0 Å². The van der Waals surface area contributed by atoms with Gasteiger partial charge in [0.2, 0.25) is 0 Å². The first kappa shape index (κ1) is 9.71. The molecule has 0 saturated heterocycles. The van der Waals surface area contributed by atoms with E-state index in [9.17, 15) is 4.79 Å². The summed E-state index contributed by atoms with van der Waals surface area (Å²) in [7, 11) is 1.84. The molecule has 0 spiro atoms. The van der Waals surface area contributed by atoms with Crippen molar-refractivity contribution in [2.75, 3.05) is 0 Å². The SMILES string of the molecule is Cn1cc(-c2ccn3ncc(C=O)c3n2)cn1. The quantitative estimate of drug-likeness (QED) is 0.611. The van der Waals surface area contributed by atoms with Crippen LogP contribution in [0.4, 0.5) is 0 Å². The number of aryl methyl sites for hydroxylation is 1. The molecule has 0 amide bonds. The summed E-state index contributed by atoms with van der Waals surface area (Å²) in [5.41, 5.74) is 2.72. The Balaban J connectivity index is 2.21. The minimum absolute atomic E-state index is 0.482. The molecule has 0 radical (unpaired) electrons. The Kier molecular flexibility index (Phi) is 2.01. The molecule has 0 saturated carbocycles. The fourth-order valence-corrected chi connectivity index (χ4v) is 1.68. The van der Waals surface area contributed by atoms with Crippen LogP contribution in [0.25, 0.3) is 16.9 Å². The first-order chi connectivity index (χ1) is 8.28. The van der Waals surface area contributed by atoms with E-state index >= 15 is 0 Å². The second-order valence-electron chi connectivity index (χ2n) is 3.70. The van der Waals surface area contributed by atoms with Crippen molar-refractivity contribution in [1.82, 2.24) is 24.4 Å². The predicted octanol–water partition coefficient (Wildman–Crippen LogP) is 0.942. The third-order valence-corrected chi connectivity index (χ3v) is 2.52. The zero-order valence-corrected chi connectivity index (χ0v) is 9.11. The molecule has 0 aliphatic rings. The summed E-state index contributed by atoms with van der Waals surface area (Å²) in [4.78, 5) is 15.2. The number of aromatic nitrogens is 5. The van der Waals surface area contributed by atoms with E-state index < -0.39 is 0 Å². The van der Waals surface area contributed by atoms with Gasteiger partial charge in [0.25, 0.3) is 0 Å². The van der Waals surface area contributed by atoms with Gasteiger partial charge >= 0.3 is 0 Å². The molecule has 6 heteroatoms. The normalized spacial score (nSPS) is 10.9. The number of rotatable bonds is 2. The van der Waals surface area contributed by atoms with E-state index in [0.717, 1.165) is 17.5 Å². The fraction of sp³-hybridized carbons (Fsp3) is 0.0909. The van der Waals surface area contributed by atoms with E-state index in [2.05, 4.69) is 15.2 Å². The summed E-state index contributed by atoms with van der Waals surface area (Å²) < 4.78 is 3.28. The maximum atomic E-state index is 10.8. The van der Waals surface area contributed by atoms with Gasteiger partial charge in [0.15, 0.2) is 11.9 Å². The van der Waals surface area contributed by atoms with Gasteiger partial charge in [-0.05, 0) is 6.07 Å². The molecular weight excluding hydrogens is 218 g/mol. The van der Waals surface area contributed by atoms with Crippen LogP contribution in [0.2, 0.25) is 0 Å². The molecule has 0 aliphatic carbocycles. The molecule has 6 nitrogen and oxygen atoms in total. The lowest BCUT2D eigenvalue weighted by Gasteiger charge is -1.98. The summed E-state index contributed by atoms with van der Waals surface area (Å²) in [5, 5.41) is 8.12. The van der Waals surface area contributed by atoms with E-state index in [1.807, 2.05) is 19.3 Å². The Morgan fingerprint density at radius 2 is 2.18 bits per heavy atom. The highest BCUT2D eigenvalue weighted by Crippen LogP contribution is 2.17. The Morgan fingerprint density at radius 1 is 1.29 bits per heavy atom. The molecule has 3 heterocycles. The van der Waals surface area contributed by atoms with Crippen LogP contribution in [0.15, 0.2) is 30.9 Å². The van der Waals surface area contributed by atoms with Crippen LogP contribution in [0.1, 0.15) is 10.4 Å². The summed E-state index contributed by atoms with van der Waals surface area (Å²) in [6, 6.07) is 1.84. The van der Waals surface area contributed by atoms with Gasteiger partial charge in [-0.25, -0.2) is 9.50 Å². The maximum Gasteiger partial charge on any atom is 0.166 e. The fourth-order valence-electron chi connectivity index (χ4n) is 1.68. The monoisotopic (exact) mass is 227 g/mol. The van der Waals surface area contributed by atoms with Crippen molar-refractivity contribution in [3.05, 3.63) is 36.4 Å². The lowest BCUT2D eigenvalue weighted by Crippen LogP contribution is -1.92. The highest BCUT2D eigenvalue weighted by molar-refractivity contribution is 5.84. The van der Waals surface area contributed by atoms with Crippen LogP contribution in [0.5, 0.6) is 0 Å². The molecule has 84 valence electrons. The third-order valence-electron chi connectivity index (χ3n) is 2.52. The van der Waals surface area contributed by atoms with Crippen molar-refractivity contribution >= 4 is 11.9 Å². The van der Waals surface area contributed by atoms with Crippen LogP contribution >= 0.6 is 0 Å². The summed E-state index contributed by atoms with van der Waals surface area (Å²) in [6.07, 6.45) is 7.63. The second kappa shape index (κ2) is 3.51. The molecule has 0 aliphatic heterocycles. The predicted molar refractivity (Wildman–Crippen MR) is 60.6 cm³/mol. The molecule has 0 unspecified atom stereocenters. The van der Waals surface area contributed by atoms with Gasteiger partial charge in [0, 0.05) is 25.0 Å². The molecule has 0 atom stereocenters. The van der Waals surface area contributed by atoms with Gasteiger partial charge in [-0.15, -0.1) is 0 Å². The number of aldehydes is 1. The van der Waals surface area contributed by atoms with Crippen molar-refractivity contribution in [2.45, 2.75) is 0 Å². The average Bonchev–Trinajstić information content (AvgIpc) is 2.94. The molecule has 3 rings (SSSR count). The van der Waals surface area contributed by atoms with E-state index in [0.29, 0.717) is 11.2 Å². The zero-order chi connectivity index (χ0) is 11.8. The van der Waals surface area contributed by atoms with Crippen LogP contribution in [-0.2, 0) is 7.05 Å². The van der Waals surface area contributed by atoms with E-state index in [1.165, 1.54) is 6.20 Å². The van der Waals surface area contributed by atoms with Gasteiger partial charge in [0.05, 0.1) is 23.7 Å². The topological polar surface area (TPSA) is 65.1 Å². The first-order valence-corrected chi connectivity index (χ1v) is 5.06. The molecular formula is C11H9N5O. The molecule has 0 N–H and O–H groups in total. The molecule has 17 heavy (non-hydrogen) atoms. The molecule has 0 fully saturated rings. The second-order valence-corrected chi connectivity index (χ2v) is 3.70. The maximum absolute atomic E-state index is 10.8. The molecule has 0 aromatic carbocycles. The van der Waals surface area contributed by atoms with Crippen LogP contribution in [0, 0.1) is 0 Å². The highest BCUT2D eigenvalue weighted by atomic mass is 16.1. The van der Waals surface area contributed by atoms with E-state index in [-0.39, 0.29) is 0 Å². The largest absolute Gasteiger partial charge is 0.298 e. The molecule has 3 aromatic rings. The van der Waals surface area contributed by atoms with Gasteiger partial charge in [0.1, 0.15) is 0 Å². The zero-order valence-electron chi connectivity index (χ0n) is 9.11. The number of carbonyl (C=O) groups is 1. The van der Waals surface area contributed by atoms with Crippen molar-refractivity contribution in [2.24, 2.45) is 7.05 Å². The summed E-state index contributed by atoms with van der Waals surface area (Å²) in [5.74, 6) is 0. The van der Waals surface area contributed by atoms with Crippen LogP contribution in [-0.4, -0.2) is 30.7 Å². The smallest absolute Gasteiger partial charge is 0.166 e. The lowest BCUT2D eigenvalue weighted by atomic mass is 10.2. The standard InChI is InChI=1S/C11H9N5O/c1-15-6-8(4-12-15)10-2-3-16-11(14-10)9(7-17)5-13-16/h2-7H,1H3. The van der Waals surface area contributed by atoms with Crippen molar-refractivity contribution < 1.29 is 4.79 Å². The summed E-state index contributed by atoms with van der Waals surface area (Å²) in [6.45, 7) is 0. The third kappa shape index (κ3) is 1.50. The van der Waals surface area contributed by atoms with E-state index in [4.69, 9.17) is 0 Å². The molecule has 0 bridgehead atoms. The van der Waals surface area contributed by atoms with Gasteiger partial charge < -0.3 is 0 Å². The molecule has 3 aromatic heterocycles. The van der Waals surface area contributed by atoms with Gasteiger partial charge in [-0.3, -0.25) is 9.48 Å². The van der Waals surface area contributed by atoms with Gasteiger partial charge in [-0.1, -0.05) is 0 Å². The number of carbonyl (C=O) groups excluding carboxylic acids is 1. The number of hydrogen-bond donors (Lipinski definition) is 0. The van der Waals surface area contributed by atoms with E-state index in [1.54, 1.807) is 21.6 Å². The lowest BCUT2D eigenvalue weighted by molar-refractivity contribution is 0.112. The number of fused-ring (bicyclic) bond motifs is 1. The number of hydrogen-bond acceptors (Lipinski definition) is 4. The van der Waals surface area contributed by atoms with Gasteiger partial charge in [-0.2, -0.15) is 10.2 Å². The average molecular weight is 227 g/mol. The first-order valence-electron chi connectivity index (χ1n) is 5.06.